The summed E-state index contributed by atoms with van der Waals surface area (Å²) in [4.78, 5) is 11.5. The first kappa shape index (κ1) is 30.6. The monoisotopic (exact) mass is 492 g/mol. The number of carbonyl (C=O) groups is 1. The third-order valence-electron chi connectivity index (χ3n) is 6.83. The van der Waals surface area contributed by atoms with Crippen LogP contribution >= 0.6 is 0 Å². The molecule has 0 aliphatic heterocycles. The Kier molecular flexibility index (Phi) is 13.9. The molecular weight excluding hydrogens is 444 g/mol. The lowest BCUT2D eigenvalue weighted by atomic mass is 10.1. The molecule has 1 rings (SSSR count). The summed E-state index contributed by atoms with van der Waals surface area (Å²) in [5.41, 5.74) is 3.72. The van der Waals surface area contributed by atoms with E-state index in [-0.39, 0.29) is 5.92 Å². The van der Waals surface area contributed by atoms with Gasteiger partial charge in [-0.05, 0) is 52.7 Å². The van der Waals surface area contributed by atoms with Gasteiger partial charge in [-0.3, -0.25) is 0 Å². The van der Waals surface area contributed by atoms with E-state index in [9.17, 15) is 4.79 Å². The van der Waals surface area contributed by atoms with E-state index in [1.54, 1.807) is 7.11 Å². The summed E-state index contributed by atoms with van der Waals surface area (Å²) < 4.78 is 23.5. The number of benzene rings is 1. The smallest absolute Gasteiger partial charge is 0.200 e. The van der Waals surface area contributed by atoms with E-state index in [1.165, 1.54) is 0 Å². The number of hydrogen-bond acceptors (Lipinski definition) is 5. The molecule has 0 heterocycles. The summed E-state index contributed by atoms with van der Waals surface area (Å²) in [6.45, 7) is 22.3. The van der Waals surface area contributed by atoms with Crippen molar-refractivity contribution in [2.24, 2.45) is 5.92 Å². The molecule has 194 valence electrons. The van der Waals surface area contributed by atoms with Gasteiger partial charge in [-0.2, -0.15) is 0 Å². The topological polar surface area (TPSA) is 54.0 Å². The van der Waals surface area contributed by atoms with Gasteiger partial charge in [-0.1, -0.05) is 67.2 Å². The Morgan fingerprint density at radius 3 is 2.09 bits per heavy atom. The first-order chi connectivity index (χ1) is 16.1. The van der Waals surface area contributed by atoms with Crippen molar-refractivity contribution >= 4 is 14.6 Å². The second-order valence-corrected chi connectivity index (χ2v) is 15.7. The van der Waals surface area contributed by atoms with Gasteiger partial charge in [-0.25, -0.2) is 0 Å². The Labute approximate surface area is 209 Å². The van der Waals surface area contributed by atoms with Crippen molar-refractivity contribution in [3.8, 4) is 5.75 Å². The van der Waals surface area contributed by atoms with Crippen LogP contribution in [-0.2, 0) is 25.3 Å². The summed E-state index contributed by atoms with van der Waals surface area (Å²) in [7, 11) is -0.249. The van der Waals surface area contributed by atoms with Crippen molar-refractivity contribution < 1.29 is 23.4 Å². The average Bonchev–Trinajstić information content (AvgIpc) is 2.80. The summed E-state index contributed by atoms with van der Waals surface area (Å²) in [6.07, 6.45) is 1.83. The van der Waals surface area contributed by atoms with Gasteiger partial charge in [0.25, 0.3) is 0 Å². The fourth-order valence-corrected chi connectivity index (χ4v) is 10.3. The third-order valence-corrected chi connectivity index (χ3v) is 12.9. The van der Waals surface area contributed by atoms with Crippen LogP contribution in [0.4, 0.5) is 0 Å². The van der Waals surface area contributed by atoms with Crippen LogP contribution < -0.4 is 4.74 Å². The molecule has 0 unspecified atom stereocenters. The van der Waals surface area contributed by atoms with Gasteiger partial charge in [0.05, 0.1) is 20.3 Å². The van der Waals surface area contributed by atoms with Crippen LogP contribution in [-0.4, -0.2) is 47.6 Å². The van der Waals surface area contributed by atoms with Crippen molar-refractivity contribution in [2.75, 3.05) is 26.9 Å². The Morgan fingerprint density at radius 2 is 1.59 bits per heavy atom. The van der Waals surface area contributed by atoms with Crippen molar-refractivity contribution in [3.63, 3.8) is 0 Å². The van der Waals surface area contributed by atoms with E-state index in [0.29, 0.717) is 49.5 Å². The minimum Gasteiger partial charge on any atom is -0.497 e. The first-order valence-electron chi connectivity index (χ1n) is 12.7. The van der Waals surface area contributed by atoms with Crippen LogP contribution in [0, 0.1) is 5.92 Å². The molecule has 0 N–H and O–H groups in total. The highest BCUT2D eigenvalue weighted by Crippen LogP contribution is 2.42. The molecule has 0 aliphatic carbocycles. The second-order valence-electron chi connectivity index (χ2n) is 10.2. The van der Waals surface area contributed by atoms with E-state index in [4.69, 9.17) is 18.6 Å². The van der Waals surface area contributed by atoms with E-state index in [1.807, 2.05) is 24.3 Å². The molecule has 0 fully saturated rings. The molecule has 0 aliphatic rings. The fourth-order valence-electron chi connectivity index (χ4n) is 4.73. The van der Waals surface area contributed by atoms with Gasteiger partial charge in [0.2, 0.25) is 0 Å². The number of methoxy groups -OCH3 is 1. The lowest BCUT2D eigenvalue weighted by Crippen LogP contribution is -2.48. The number of rotatable bonds is 18. The Hall–Kier alpha value is -1.47. The highest BCUT2D eigenvalue weighted by Gasteiger charge is 2.45. The zero-order valence-corrected chi connectivity index (χ0v) is 23.8. The van der Waals surface area contributed by atoms with Crippen LogP contribution in [0.3, 0.4) is 0 Å². The molecule has 0 bridgehead atoms. The van der Waals surface area contributed by atoms with Gasteiger partial charge in [0.15, 0.2) is 8.32 Å². The molecule has 0 radical (unpaired) electrons. The number of ether oxygens (including phenoxy) is 3. The van der Waals surface area contributed by atoms with E-state index >= 15 is 0 Å². The minimum atomic E-state index is -1.90. The normalized spacial score (nSPS) is 14.0. The van der Waals surface area contributed by atoms with E-state index < -0.39 is 14.4 Å². The third kappa shape index (κ3) is 9.29. The molecule has 0 spiro atoms. The van der Waals surface area contributed by atoms with Gasteiger partial charge >= 0.3 is 0 Å². The van der Waals surface area contributed by atoms with Gasteiger partial charge in [0.1, 0.15) is 18.1 Å². The van der Waals surface area contributed by atoms with Gasteiger partial charge in [-0.15, -0.1) is 0 Å². The van der Waals surface area contributed by atoms with Crippen LogP contribution in [0.1, 0.15) is 66.9 Å². The van der Waals surface area contributed by atoms with E-state index in [2.05, 4.69) is 55.0 Å². The molecule has 0 amide bonds. The molecule has 0 saturated carbocycles. The SMILES string of the molecule is C=C(CO[C@@H](C=O)CCCOCc1ccc(OC)cc1)[C@H](C)CO[Si](C(C)C)(C(C)C)C(C)C. The summed E-state index contributed by atoms with van der Waals surface area (Å²) in [5.74, 6) is 1.02. The highest BCUT2D eigenvalue weighted by atomic mass is 28.4. The van der Waals surface area contributed by atoms with E-state index in [0.717, 1.165) is 29.6 Å². The molecule has 34 heavy (non-hydrogen) atoms. The Bertz CT molecular complexity index is 692. The summed E-state index contributed by atoms with van der Waals surface area (Å²) in [5, 5.41) is 0. The zero-order valence-electron chi connectivity index (χ0n) is 22.8. The zero-order chi connectivity index (χ0) is 25.7. The maximum absolute atomic E-state index is 11.5. The van der Waals surface area contributed by atoms with Crippen molar-refractivity contribution in [3.05, 3.63) is 42.0 Å². The molecule has 1 aromatic rings. The lowest BCUT2D eigenvalue weighted by molar-refractivity contribution is -0.118. The fraction of sp³-hybridized carbons (Fsp3) is 0.679. The van der Waals surface area contributed by atoms with Crippen LogP contribution in [0.15, 0.2) is 36.4 Å². The maximum Gasteiger partial charge on any atom is 0.200 e. The van der Waals surface area contributed by atoms with Gasteiger partial charge < -0.3 is 23.4 Å². The van der Waals surface area contributed by atoms with Crippen molar-refractivity contribution in [1.82, 2.24) is 0 Å². The molecular formula is C28H48O5Si. The lowest BCUT2D eigenvalue weighted by Gasteiger charge is -2.43. The Balaban J connectivity index is 2.38. The number of aldehydes is 1. The largest absolute Gasteiger partial charge is 0.497 e. The molecule has 1 aromatic carbocycles. The average molecular weight is 493 g/mol. The maximum atomic E-state index is 11.5. The predicted molar refractivity (Wildman–Crippen MR) is 143 cm³/mol. The van der Waals surface area contributed by atoms with Crippen LogP contribution in [0.2, 0.25) is 16.6 Å². The van der Waals surface area contributed by atoms with Crippen LogP contribution in [0.25, 0.3) is 0 Å². The second kappa shape index (κ2) is 15.5. The molecule has 6 heteroatoms. The van der Waals surface area contributed by atoms with Crippen molar-refractivity contribution in [1.29, 1.82) is 0 Å². The highest BCUT2D eigenvalue weighted by molar-refractivity contribution is 6.77. The van der Waals surface area contributed by atoms with Crippen molar-refractivity contribution in [2.45, 2.75) is 90.6 Å². The van der Waals surface area contributed by atoms with Crippen LogP contribution in [0.5, 0.6) is 5.75 Å². The van der Waals surface area contributed by atoms with Gasteiger partial charge in [0, 0.05) is 19.1 Å². The summed E-state index contributed by atoms with van der Waals surface area (Å²) >= 11 is 0. The summed E-state index contributed by atoms with van der Waals surface area (Å²) in [6, 6.07) is 7.82. The number of hydrogen-bond donors (Lipinski definition) is 0. The Morgan fingerprint density at radius 1 is 1.00 bits per heavy atom. The molecule has 5 nitrogen and oxygen atoms in total. The predicted octanol–water partition coefficient (Wildman–Crippen LogP) is 6.96. The molecule has 2 atom stereocenters. The number of carbonyl (C=O) groups excluding carboxylic acids is 1. The minimum absolute atomic E-state index is 0.184. The molecule has 0 saturated heterocycles. The quantitative estimate of drug-likeness (QED) is 0.0959. The molecule has 0 aromatic heterocycles. The standard InChI is InChI=1S/C28H48O5Si/c1-21(2)34(22(3)4,23(5)6)33-19-25(8)24(7)18-32-28(17-29)11-10-16-31-20-26-12-14-27(30-9)15-13-26/h12-15,17,21-23,25,28H,7,10-11,16,18-20H2,1-6,8-9H3/t25-,28-/m1/s1. The first-order valence-corrected chi connectivity index (χ1v) is 14.8.